The van der Waals surface area contributed by atoms with E-state index in [1.54, 1.807) is 26.2 Å². The first kappa shape index (κ1) is 14.9. The summed E-state index contributed by atoms with van der Waals surface area (Å²) in [6.07, 6.45) is 0. The van der Waals surface area contributed by atoms with Crippen LogP contribution in [0.4, 0.5) is 0 Å². The van der Waals surface area contributed by atoms with Crippen LogP contribution >= 0.6 is 0 Å². The number of ether oxygens (including phenoxy) is 2. The number of methoxy groups -OCH3 is 2. The Hall–Kier alpha value is -2.49. The lowest BCUT2D eigenvalue weighted by Crippen LogP contribution is -2.26. The van der Waals surface area contributed by atoms with E-state index < -0.39 is 0 Å². The maximum atomic E-state index is 12.3. The Labute approximate surface area is 124 Å². The fraction of sp³-hybridized carbons (Fsp3) is 0.235. The fourth-order valence-electron chi connectivity index (χ4n) is 2.11. The Morgan fingerprint density at radius 1 is 1.05 bits per heavy atom. The van der Waals surface area contributed by atoms with Crippen molar-refractivity contribution in [1.82, 2.24) is 4.90 Å². The second kappa shape index (κ2) is 6.79. The molecule has 0 aliphatic carbocycles. The van der Waals surface area contributed by atoms with E-state index in [1.165, 1.54) is 0 Å². The van der Waals surface area contributed by atoms with Gasteiger partial charge in [0.2, 0.25) is 0 Å². The molecule has 0 N–H and O–H groups in total. The number of rotatable bonds is 5. The van der Waals surface area contributed by atoms with Crippen LogP contribution in [0.15, 0.2) is 48.5 Å². The number of hydrogen-bond donors (Lipinski definition) is 0. The standard InChI is InChI=1S/C17H19NO3/c1-18(17(19)13-7-5-4-6-8-13)12-14-9-10-15(20-2)11-16(14)21-3/h4-11H,12H2,1-3H3. The summed E-state index contributed by atoms with van der Waals surface area (Å²) in [5.74, 6) is 1.42. The van der Waals surface area contributed by atoms with Crippen LogP contribution in [0.3, 0.4) is 0 Å². The molecule has 0 aliphatic heterocycles. The largest absolute Gasteiger partial charge is 0.497 e. The van der Waals surface area contributed by atoms with Crippen LogP contribution in [0.25, 0.3) is 0 Å². The van der Waals surface area contributed by atoms with Gasteiger partial charge in [-0.25, -0.2) is 0 Å². The summed E-state index contributed by atoms with van der Waals surface area (Å²) in [6.45, 7) is 0.473. The Balaban J connectivity index is 2.16. The molecule has 2 aromatic carbocycles. The van der Waals surface area contributed by atoms with Gasteiger partial charge >= 0.3 is 0 Å². The summed E-state index contributed by atoms with van der Waals surface area (Å²) in [6, 6.07) is 14.8. The van der Waals surface area contributed by atoms with Gasteiger partial charge in [-0.3, -0.25) is 4.79 Å². The first-order chi connectivity index (χ1) is 10.2. The van der Waals surface area contributed by atoms with Crippen molar-refractivity contribution < 1.29 is 14.3 Å². The van der Waals surface area contributed by atoms with Crippen LogP contribution in [0.2, 0.25) is 0 Å². The molecule has 0 aromatic heterocycles. The van der Waals surface area contributed by atoms with Crippen molar-refractivity contribution in [2.75, 3.05) is 21.3 Å². The van der Waals surface area contributed by atoms with Crippen molar-refractivity contribution in [2.45, 2.75) is 6.54 Å². The number of carbonyl (C=O) groups is 1. The molecule has 0 spiro atoms. The molecular formula is C17H19NO3. The topological polar surface area (TPSA) is 38.8 Å². The highest BCUT2D eigenvalue weighted by Gasteiger charge is 2.14. The SMILES string of the molecule is COc1ccc(CN(C)C(=O)c2ccccc2)c(OC)c1. The Morgan fingerprint density at radius 3 is 2.38 bits per heavy atom. The fourth-order valence-corrected chi connectivity index (χ4v) is 2.11. The van der Waals surface area contributed by atoms with E-state index >= 15 is 0 Å². The number of carbonyl (C=O) groups excluding carboxylic acids is 1. The smallest absolute Gasteiger partial charge is 0.253 e. The van der Waals surface area contributed by atoms with Crippen molar-refractivity contribution in [3.05, 3.63) is 59.7 Å². The van der Waals surface area contributed by atoms with Crippen LogP contribution < -0.4 is 9.47 Å². The van der Waals surface area contributed by atoms with E-state index in [-0.39, 0.29) is 5.91 Å². The normalized spacial score (nSPS) is 10.0. The molecule has 4 nitrogen and oxygen atoms in total. The predicted octanol–water partition coefficient (Wildman–Crippen LogP) is 2.98. The summed E-state index contributed by atoms with van der Waals surface area (Å²) >= 11 is 0. The predicted molar refractivity (Wildman–Crippen MR) is 81.8 cm³/mol. The third-order valence-corrected chi connectivity index (χ3v) is 3.27. The van der Waals surface area contributed by atoms with E-state index in [2.05, 4.69) is 0 Å². The van der Waals surface area contributed by atoms with E-state index in [0.29, 0.717) is 17.9 Å². The van der Waals surface area contributed by atoms with Gasteiger partial charge in [0.15, 0.2) is 0 Å². The summed E-state index contributed by atoms with van der Waals surface area (Å²) in [5, 5.41) is 0. The molecule has 110 valence electrons. The maximum Gasteiger partial charge on any atom is 0.253 e. The van der Waals surface area contributed by atoms with Gasteiger partial charge in [0, 0.05) is 30.8 Å². The van der Waals surface area contributed by atoms with E-state index in [1.807, 2.05) is 48.5 Å². The quantitative estimate of drug-likeness (QED) is 0.847. The van der Waals surface area contributed by atoms with Crippen molar-refractivity contribution in [2.24, 2.45) is 0 Å². The highest BCUT2D eigenvalue weighted by atomic mass is 16.5. The van der Waals surface area contributed by atoms with Gasteiger partial charge in [-0.2, -0.15) is 0 Å². The third-order valence-electron chi connectivity index (χ3n) is 3.27. The number of hydrogen-bond acceptors (Lipinski definition) is 3. The lowest BCUT2D eigenvalue weighted by Gasteiger charge is -2.19. The molecule has 2 aromatic rings. The number of amides is 1. The van der Waals surface area contributed by atoms with Crippen LogP contribution in [0.5, 0.6) is 11.5 Å². The highest BCUT2D eigenvalue weighted by molar-refractivity contribution is 5.93. The second-order valence-electron chi connectivity index (χ2n) is 4.71. The van der Waals surface area contributed by atoms with E-state index in [9.17, 15) is 4.79 Å². The summed E-state index contributed by atoms with van der Waals surface area (Å²) < 4.78 is 10.5. The molecule has 0 bridgehead atoms. The molecule has 0 fully saturated rings. The van der Waals surface area contributed by atoms with Crippen LogP contribution in [0, 0.1) is 0 Å². The van der Waals surface area contributed by atoms with Gasteiger partial charge in [0.1, 0.15) is 11.5 Å². The Bertz CT molecular complexity index is 611. The van der Waals surface area contributed by atoms with Crippen molar-refractivity contribution in [3.8, 4) is 11.5 Å². The molecule has 0 atom stereocenters. The minimum Gasteiger partial charge on any atom is -0.497 e. The number of benzene rings is 2. The molecule has 2 rings (SSSR count). The van der Waals surface area contributed by atoms with Crippen molar-refractivity contribution in [1.29, 1.82) is 0 Å². The molecule has 0 saturated heterocycles. The first-order valence-corrected chi connectivity index (χ1v) is 6.67. The molecule has 21 heavy (non-hydrogen) atoms. The van der Waals surface area contributed by atoms with Crippen LogP contribution in [0.1, 0.15) is 15.9 Å². The third kappa shape index (κ3) is 3.54. The average Bonchev–Trinajstić information content (AvgIpc) is 2.55. The van der Waals surface area contributed by atoms with Crippen molar-refractivity contribution in [3.63, 3.8) is 0 Å². The van der Waals surface area contributed by atoms with Gasteiger partial charge in [-0.05, 0) is 24.3 Å². The maximum absolute atomic E-state index is 12.3. The van der Waals surface area contributed by atoms with Crippen LogP contribution in [-0.2, 0) is 6.54 Å². The highest BCUT2D eigenvalue weighted by Crippen LogP contribution is 2.25. The van der Waals surface area contributed by atoms with E-state index in [4.69, 9.17) is 9.47 Å². The molecule has 0 saturated carbocycles. The monoisotopic (exact) mass is 285 g/mol. The zero-order chi connectivity index (χ0) is 15.2. The first-order valence-electron chi connectivity index (χ1n) is 6.67. The van der Waals surface area contributed by atoms with Gasteiger partial charge in [0.05, 0.1) is 14.2 Å². The van der Waals surface area contributed by atoms with Crippen molar-refractivity contribution >= 4 is 5.91 Å². The molecule has 0 unspecified atom stereocenters. The minimum absolute atomic E-state index is 0.0199. The summed E-state index contributed by atoms with van der Waals surface area (Å²) in [5.41, 5.74) is 1.61. The zero-order valence-electron chi connectivity index (χ0n) is 12.5. The molecule has 0 aliphatic rings. The minimum atomic E-state index is -0.0199. The zero-order valence-corrected chi connectivity index (χ0v) is 12.5. The van der Waals surface area contributed by atoms with Gasteiger partial charge in [-0.1, -0.05) is 18.2 Å². The molecule has 0 heterocycles. The Morgan fingerprint density at radius 2 is 1.76 bits per heavy atom. The second-order valence-corrected chi connectivity index (χ2v) is 4.71. The van der Waals surface area contributed by atoms with E-state index in [0.717, 1.165) is 11.3 Å². The summed E-state index contributed by atoms with van der Waals surface area (Å²) in [4.78, 5) is 14.0. The van der Waals surface area contributed by atoms with Gasteiger partial charge in [0.25, 0.3) is 5.91 Å². The Kier molecular flexibility index (Phi) is 4.82. The molecule has 4 heteroatoms. The molecular weight excluding hydrogens is 266 g/mol. The lowest BCUT2D eigenvalue weighted by molar-refractivity contribution is 0.0784. The average molecular weight is 285 g/mol. The molecule has 1 amide bonds. The molecule has 0 radical (unpaired) electrons. The van der Waals surface area contributed by atoms with Gasteiger partial charge < -0.3 is 14.4 Å². The summed E-state index contributed by atoms with van der Waals surface area (Å²) in [7, 11) is 5.00. The van der Waals surface area contributed by atoms with Gasteiger partial charge in [-0.15, -0.1) is 0 Å². The van der Waals surface area contributed by atoms with Crippen LogP contribution in [-0.4, -0.2) is 32.1 Å². The lowest BCUT2D eigenvalue weighted by atomic mass is 10.1. The number of nitrogens with zero attached hydrogens (tertiary/aromatic N) is 1.